The number of hydrogen-bond donors (Lipinski definition) is 3. The van der Waals surface area contributed by atoms with Crippen LogP contribution in [0.2, 0.25) is 0 Å². The third-order valence-corrected chi connectivity index (χ3v) is 4.36. The summed E-state index contributed by atoms with van der Waals surface area (Å²) in [5.41, 5.74) is 11.0. The Morgan fingerprint density at radius 3 is 2.42 bits per heavy atom. The molecular weight excluding hydrogens is 507 g/mol. The molecule has 0 spiro atoms. The van der Waals surface area contributed by atoms with Crippen molar-refractivity contribution in [2.24, 2.45) is 10.7 Å². The van der Waals surface area contributed by atoms with Crippen molar-refractivity contribution in [3.05, 3.63) is 57.6 Å². The molecule has 0 atom stereocenters. The molecular formula is C19H24BrIN4O. The third-order valence-electron chi connectivity index (χ3n) is 3.86. The van der Waals surface area contributed by atoms with Gasteiger partial charge in [0.15, 0.2) is 5.96 Å². The number of carbonyl (C=O) groups is 1. The van der Waals surface area contributed by atoms with Crippen LogP contribution in [-0.2, 0) is 4.79 Å². The average molecular weight is 531 g/mol. The van der Waals surface area contributed by atoms with Crippen molar-refractivity contribution in [2.75, 3.05) is 17.2 Å². The first-order valence-corrected chi connectivity index (χ1v) is 8.84. The first kappa shape index (κ1) is 22.4. The zero-order chi connectivity index (χ0) is 18.4. The molecule has 0 heterocycles. The Morgan fingerprint density at radius 1 is 1.04 bits per heavy atom. The molecule has 0 fully saturated rings. The predicted octanol–water partition coefficient (Wildman–Crippen LogP) is 4.75. The minimum Gasteiger partial charge on any atom is -0.370 e. The number of amides is 1. The van der Waals surface area contributed by atoms with Gasteiger partial charge in [0.25, 0.3) is 0 Å². The molecule has 0 bridgehead atoms. The number of benzene rings is 2. The van der Waals surface area contributed by atoms with Gasteiger partial charge in [0, 0.05) is 22.3 Å². The molecule has 0 aromatic heterocycles. The second-order valence-electron chi connectivity index (χ2n) is 5.95. The highest BCUT2D eigenvalue weighted by Gasteiger charge is 2.05. The molecule has 26 heavy (non-hydrogen) atoms. The summed E-state index contributed by atoms with van der Waals surface area (Å²) in [6.45, 7) is 6.37. The molecule has 2 aromatic rings. The van der Waals surface area contributed by atoms with Crippen molar-refractivity contribution in [1.29, 1.82) is 0 Å². The number of carbonyl (C=O) groups excluding carboxylic acids is 1. The summed E-state index contributed by atoms with van der Waals surface area (Å²) >= 11 is 3.40. The largest absolute Gasteiger partial charge is 0.370 e. The van der Waals surface area contributed by atoms with Gasteiger partial charge in [-0.25, -0.2) is 0 Å². The molecule has 0 saturated heterocycles. The summed E-state index contributed by atoms with van der Waals surface area (Å²) in [5, 5.41) is 5.92. The number of nitrogens with one attached hydrogen (secondary N) is 2. The zero-order valence-electron chi connectivity index (χ0n) is 15.1. The minimum atomic E-state index is -0.0897. The van der Waals surface area contributed by atoms with E-state index in [1.807, 2.05) is 50.2 Å². The highest BCUT2D eigenvalue weighted by molar-refractivity contribution is 14.0. The summed E-state index contributed by atoms with van der Waals surface area (Å²) in [6, 6.07) is 11.7. The number of aliphatic imine (C=N–C) groups is 1. The van der Waals surface area contributed by atoms with Crippen LogP contribution >= 0.6 is 39.9 Å². The van der Waals surface area contributed by atoms with E-state index in [9.17, 15) is 4.79 Å². The quantitative estimate of drug-likeness (QED) is 0.296. The molecule has 0 aliphatic carbocycles. The lowest BCUT2D eigenvalue weighted by Crippen LogP contribution is -2.23. The highest BCUT2D eigenvalue weighted by atomic mass is 127. The lowest BCUT2D eigenvalue weighted by molar-refractivity contribution is -0.116. The van der Waals surface area contributed by atoms with Crippen molar-refractivity contribution < 1.29 is 4.79 Å². The van der Waals surface area contributed by atoms with Gasteiger partial charge in [-0.3, -0.25) is 9.79 Å². The Kier molecular flexibility index (Phi) is 9.07. The molecule has 5 nitrogen and oxygen atoms in total. The Bertz CT molecular complexity index is 808. The number of rotatable bonds is 5. The molecule has 7 heteroatoms. The molecule has 0 unspecified atom stereocenters. The number of aryl methyl sites for hydroxylation is 3. The van der Waals surface area contributed by atoms with Gasteiger partial charge < -0.3 is 16.4 Å². The van der Waals surface area contributed by atoms with E-state index in [2.05, 4.69) is 38.5 Å². The van der Waals surface area contributed by atoms with Gasteiger partial charge in [-0.1, -0.05) is 22.0 Å². The van der Waals surface area contributed by atoms with E-state index in [0.29, 0.717) is 12.5 Å². The normalized spacial score (nSPS) is 10.8. The monoisotopic (exact) mass is 530 g/mol. The Balaban J connectivity index is 0.00000338. The molecule has 1 amide bonds. The summed E-state index contributed by atoms with van der Waals surface area (Å²) in [4.78, 5) is 16.2. The van der Waals surface area contributed by atoms with Crippen molar-refractivity contribution in [3.8, 4) is 0 Å². The van der Waals surface area contributed by atoms with Crippen LogP contribution in [0.3, 0.4) is 0 Å². The van der Waals surface area contributed by atoms with Crippen molar-refractivity contribution in [3.63, 3.8) is 0 Å². The Labute approximate surface area is 180 Å². The number of halogens is 2. The van der Waals surface area contributed by atoms with Crippen molar-refractivity contribution in [2.45, 2.75) is 27.2 Å². The van der Waals surface area contributed by atoms with Gasteiger partial charge in [0.2, 0.25) is 5.91 Å². The number of nitrogens with two attached hydrogens (primary N) is 1. The van der Waals surface area contributed by atoms with E-state index in [1.165, 1.54) is 11.1 Å². The van der Waals surface area contributed by atoms with E-state index in [1.54, 1.807) is 0 Å². The van der Waals surface area contributed by atoms with Gasteiger partial charge in [-0.2, -0.15) is 0 Å². The van der Waals surface area contributed by atoms with Crippen LogP contribution in [0.15, 0.2) is 45.9 Å². The van der Waals surface area contributed by atoms with Gasteiger partial charge in [0.05, 0.1) is 6.54 Å². The molecule has 4 N–H and O–H groups in total. The van der Waals surface area contributed by atoms with E-state index in [4.69, 9.17) is 5.73 Å². The average Bonchev–Trinajstić information content (AvgIpc) is 2.54. The molecule has 2 aromatic carbocycles. The number of nitrogens with zero attached hydrogens (tertiary/aromatic N) is 1. The van der Waals surface area contributed by atoms with Crippen LogP contribution in [0.5, 0.6) is 0 Å². The molecule has 140 valence electrons. The Hall–Kier alpha value is -1.61. The number of guanidine groups is 1. The van der Waals surface area contributed by atoms with Crippen molar-refractivity contribution >= 4 is 63.1 Å². The van der Waals surface area contributed by atoms with Crippen LogP contribution in [0.25, 0.3) is 0 Å². The predicted molar refractivity (Wildman–Crippen MR) is 124 cm³/mol. The third kappa shape index (κ3) is 6.95. The highest BCUT2D eigenvalue weighted by Crippen LogP contribution is 2.20. The summed E-state index contributed by atoms with van der Waals surface area (Å²) < 4.78 is 0.984. The molecule has 0 radical (unpaired) electrons. The van der Waals surface area contributed by atoms with Crippen LogP contribution in [-0.4, -0.2) is 18.4 Å². The van der Waals surface area contributed by atoms with Crippen LogP contribution in [0, 0.1) is 20.8 Å². The maximum Gasteiger partial charge on any atom is 0.226 e. The first-order chi connectivity index (χ1) is 11.8. The molecule has 0 aliphatic heterocycles. The van der Waals surface area contributed by atoms with E-state index >= 15 is 0 Å². The fourth-order valence-corrected chi connectivity index (χ4v) is 2.74. The SMILES string of the molecule is Cc1ccc(NC(N)=NCCC(=O)Nc2ccc(Br)cc2C)cc1C.I. The second kappa shape index (κ2) is 10.5. The Morgan fingerprint density at radius 2 is 1.77 bits per heavy atom. The summed E-state index contributed by atoms with van der Waals surface area (Å²) in [7, 11) is 0. The molecule has 0 saturated carbocycles. The van der Waals surface area contributed by atoms with Gasteiger partial charge >= 0.3 is 0 Å². The summed E-state index contributed by atoms with van der Waals surface area (Å²) in [5.74, 6) is 0.212. The molecule has 0 aliphatic rings. The maximum atomic E-state index is 12.0. The van der Waals surface area contributed by atoms with Crippen LogP contribution in [0.4, 0.5) is 11.4 Å². The van der Waals surface area contributed by atoms with Gasteiger partial charge in [-0.15, -0.1) is 24.0 Å². The standard InChI is InChI=1S/C19H23BrN4O.HI/c1-12-4-6-16(11-13(12)2)23-19(21)22-9-8-18(25)24-17-7-5-15(20)10-14(17)3;/h4-7,10-11H,8-9H2,1-3H3,(H,24,25)(H3,21,22,23);1H. The van der Waals surface area contributed by atoms with Gasteiger partial charge in [0.1, 0.15) is 0 Å². The second-order valence-corrected chi connectivity index (χ2v) is 6.86. The number of hydrogen-bond acceptors (Lipinski definition) is 2. The number of anilines is 2. The molecule has 2 rings (SSSR count). The zero-order valence-corrected chi connectivity index (χ0v) is 19.0. The fourth-order valence-electron chi connectivity index (χ4n) is 2.26. The maximum absolute atomic E-state index is 12.0. The smallest absolute Gasteiger partial charge is 0.226 e. The minimum absolute atomic E-state index is 0. The lowest BCUT2D eigenvalue weighted by atomic mass is 10.1. The van der Waals surface area contributed by atoms with E-state index in [0.717, 1.165) is 21.4 Å². The van der Waals surface area contributed by atoms with E-state index in [-0.39, 0.29) is 36.3 Å². The fraction of sp³-hybridized carbons (Fsp3) is 0.263. The van der Waals surface area contributed by atoms with Crippen LogP contribution < -0.4 is 16.4 Å². The topological polar surface area (TPSA) is 79.5 Å². The van der Waals surface area contributed by atoms with E-state index < -0.39 is 0 Å². The van der Waals surface area contributed by atoms with Gasteiger partial charge in [-0.05, 0) is 67.8 Å². The van der Waals surface area contributed by atoms with Crippen molar-refractivity contribution in [1.82, 2.24) is 0 Å². The summed E-state index contributed by atoms with van der Waals surface area (Å²) in [6.07, 6.45) is 0.269. The van der Waals surface area contributed by atoms with Crippen LogP contribution in [0.1, 0.15) is 23.1 Å². The first-order valence-electron chi connectivity index (χ1n) is 8.05. The lowest BCUT2D eigenvalue weighted by Gasteiger charge is -2.09.